The van der Waals surface area contributed by atoms with E-state index in [0.717, 1.165) is 23.5 Å². The smallest absolute Gasteiger partial charge is 0.131 e. The third kappa shape index (κ3) is 4.75. The largest absolute Gasteiger partial charge is 0.206 e. The Morgan fingerprint density at radius 1 is 0.885 bits per heavy atom. The normalized spacial score (nSPS) is 20.3. The van der Waals surface area contributed by atoms with Crippen molar-refractivity contribution in [2.45, 2.75) is 77.6 Å². The van der Waals surface area contributed by atoms with Crippen LogP contribution in [0.1, 0.15) is 82.3 Å². The first-order valence-electron chi connectivity index (χ1n) is 10.6. The summed E-state index contributed by atoms with van der Waals surface area (Å²) < 4.78 is 14.3. The van der Waals surface area contributed by atoms with Crippen LogP contribution in [-0.4, -0.2) is 0 Å². The summed E-state index contributed by atoms with van der Waals surface area (Å²) >= 11 is 0. The molecule has 1 fully saturated rings. The van der Waals surface area contributed by atoms with Crippen molar-refractivity contribution in [2.75, 3.05) is 0 Å². The summed E-state index contributed by atoms with van der Waals surface area (Å²) in [6.07, 6.45) is 11.8. The van der Waals surface area contributed by atoms with Gasteiger partial charge in [-0.1, -0.05) is 75.9 Å². The van der Waals surface area contributed by atoms with E-state index >= 15 is 0 Å². The molecule has 0 saturated heterocycles. The van der Waals surface area contributed by atoms with E-state index in [4.69, 9.17) is 0 Å². The first kappa shape index (κ1) is 19.1. The molecule has 0 radical (unpaired) electrons. The molecule has 140 valence electrons. The number of halogens is 1. The van der Waals surface area contributed by atoms with Crippen LogP contribution in [0.4, 0.5) is 4.39 Å². The Balaban J connectivity index is 1.60. The van der Waals surface area contributed by atoms with E-state index in [0.29, 0.717) is 11.5 Å². The van der Waals surface area contributed by atoms with Crippen LogP contribution in [0, 0.1) is 11.7 Å². The molecule has 0 spiro atoms. The minimum atomic E-state index is -0.107. The highest BCUT2D eigenvalue weighted by Gasteiger charge is 2.22. The predicted molar refractivity (Wildman–Crippen MR) is 110 cm³/mol. The van der Waals surface area contributed by atoms with E-state index in [9.17, 15) is 4.39 Å². The molecule has 26 heavy (non-hydrogen) atoms. The fraction of sp³-hybridized carbons (Fsp3) is 0.520. The number of hydrogen-bond donors (Lipinski definition) is 0. The Hall–Kier alpha value is -1.63. The molecule has 0 atom stereocenters. The number of unbranched alkanes of at least 4 members (excludes halogenated alkanes) is 2. The van der Waals surface area contributed by atoms with Gasteiger partial charge in [-0.3, -0.25) is 0 Å². The van der Waals surface area contributed by atoms with Gasteiger partial charge < -0.3 is 0 Å². The quantitative estimate of drug-likeness (QED) is 0.444. The summed E-state index contributed by atoms with van der Waals surface area (Å²) in [6.45, 7) is 4.34. The van der Waals surface area contributed by atoms with Crippen molar-refractivity contribution in [3.05, 3.63) is 59.4 Å². The maximum absolute atomic E-state index is 14.3. The molecule has 0 amide bonds. The van der Waals surface area contributed by atoms with Gasteiger partial charge in [-0.2, -0.15) is 0 Å². The lowest BCUT2D eigenvalue weighted by Gasteiger charge is -2.29. The van der Waals surface area contributed by atoms with Crippen molar-refractivity contribution in [3.63, 3.8) is 0 Å². The van der Waals surface area contributed by atoms with Crippen LogP contribution in [0.2, 0.25) is 0 Å². The number of hydrogen-bond acceptors (Lipinski definition) is 0. The molecule has 0 N–H and O–H groups in total. The fourth-order valence-corrected chi connectivity index (χ4v) is 4.41. The third-order valence-corrected chi connectivity index (χ3v) is 6.20. The van der Waals surface area contributed by atoms with Crippen molar-refractivity contribution < 1.29 is 4.39 Å². The molecule has 0 nitrogen and oxygen atoms in total. The number of aryl methyl sites for hydroxylation is 1. The predicted octanol–water partition coefficient (Wildman–Crippen LogP) is 7.91. The average molecular weight is 353 g/mol. The van der Waals surface area contributed by atoms with Crippen LogP contribution in [-0.2, 0) is 6.42 Å². The lowest BCUT2D eigenvalue weighted by atomic mass is 9.77. The maximum Gasteiger partial charge on any atom is 0.131 e. The minimum Gasteiger partial charge on any atom is -0.206 e. The molecule has 0 heterocycles. The van der Waals surface area contributed by atoms with Crippen LogP contribution in [0.25, 0.3) is 11.1 Å². The summed E-state index contributed by atoms with van der Waals surface area (Å²) in [4.78, 5) is 0. The van der Waals surface area contributed by atoms with Crippen LogP contribution in [0.5, 0.6) is 0 Å². The highest BCUT2D eigenvalue weighted by atomic mass is 19.1. The summed E-state index contributed by atoms with van der Waals surface area (Å²) in [5.74, 6) is 1.53. The van der Waals surface area contributed by atoms with Crippen molar-refractivity contribution in [1.82, 2.24) is 0 Å². The SMILES string of the molecule is CCCCC[C@H]1CC[C@H](c2ccc(-c3ccc(CC)cc3F)cc2)CC1. The monoisotopic (exact) mass is 352 g/mol. The van der Waals surface area contributed by atoms with Crippen LogP contribution < -0.4 is 0 Å². The second kappa shape index (κ2) is 9.35. The molecular formula is C25H33F. The molecule has 2 aromatic rings. The van der Waals surface area contributed by atoms with Crippen molar-refractivity contribution in [1.29, 1.82) is 0 Å². The van der Waals surface area contributed by atoms with Crippen LogP contribution in [0.15, 0.2) is 42.5 Å². The molecule has 1 heteroatoms. The van der Waals surface area contributed by atoms with Gasteiger partial charge >= 0.3 is 0 Å². The van der Waals surface area contributed by atoms with Crippen LogP contribution >= 0.6 is 0 Å². The van der Waals surface area contributed by atoms with Gasteiger partial charge in [0, 0.05) is 5.56 Å². The van der Waals surface area contributed by atoms with E-state index < -0.39 is 0 Å². The molecule has 1 aliphatic rings. The molecule has 2 aromatic carbocycles. The van der Waals surface area contributed by atoms with Crippen molar-refractivity contribution in [3.8, 4) is 11.1 Å². The van der Waals surface area contributed by atoms with Crippen molar-refractivity contribution in [2.24, 2.45) is 5.92 Å². The second-order valence-corrected chi connectivity index (χ2v) is 8.00. The van der Waals surface area contributed by atoms with Gasteiger partial charge in [0.05, 0.1) is 0 Å². The zero-order valence-electron chi connectivity index (χ0n) is 16.4. The number of rotatable bonds is 7. The van der Waals surface area contributed by atoms with Gasteiger partial charge in [-0.15, -0.1) is 0 Å². The first-order chi connectivity index (χ1) is 12.7. The van der Waals surface area contributed by atoms with E-state index in [-0.39, 0.29) is 5.82 Å². The van der Waals surface area contributed by atoms with E-state index in [1.54, 1.807) is 6.07 Å². The molecule has 1 aliphatic carbocycles. The minimum absolute atomic E-state index is 0.107. The van der Waals surface area contributed by atoms with E-state index in [1.165, 1.54) is 56.9 Å². The standard InChI is InChI=1S/C25H33F/c1-3-5-6-7-20-8-11-21(12-9-20)22-13-15-23(16-14-22)24-17-10-19(4-2)18-25(24)26/h10,13-18,20-21H,3-9,11-12H2,1-2H3/t20-,21-. The topological polar surface area (TPSA) is 0 Å². The van der Waals surface area contributed by atoms with E-state index in [2.05, 4.69) is 38.1 Å². The highest BCUT2D eigenvalue weighted by molar-refractivity contribution is 5.65. The maximum atomic E-state index is 14.3. The Kier molecular flexibility index (Phi) is 6.88. The molecular weight excluding hydrogens is 319 g/mol. The van der Waals surface area contributed by atoms with Gasteiger partial charge in [-0.25, -0.2) is 4.39 Å². The second-order valence-electron chi connectivity index (χ2n) is 8.00. The van der Waals surface area contributed by atoms with Gasteiger partial charge in [0.25, 0.3) is 0 Å². The van der Waals surface area contributed by atoms with Crippen molar-refractivity contribution >= 4 is 0 Å². The molecule has 0 aliphatic heterocycles. The summed E-state index contributed by atoms with van der Waals surface area (Å²) in [5, 5.41) is 0. The molecule has 1 saturated carbocycles. The van der Waals surface area contributed by atoms with Gasteiger partial charge in [0.2, 0.25) is 0 Å². The lowest BCUT2D eigenvalue weighted by Crippen LogP contribution is -2.13. The third-order valence-electron chi connectivity index (χ3n) is 6.20. The molecule has 0 unspecified atom stereocenters. The zero-order valence-corrected chi connectivity index (χ0v) is 16.4. The summed E-state index contributed by atoms with van der Waals surface area (Å²) in [6, 6.07) is 14.3. The van der Waals surface area contributed by atoms with Crippen LogP contribution in [0.3, 0.4) is 0 Å². The fourth-order valence-electron chi connectivity index (χ4n) is 4.41. The summed E-state index contributed by atoms with van der Waals surface area (Å²) in [5.41, 5.74) is 4.19. The average Bonchev–Trinajstić information content (AvgIpc) is 2.69. The van der Waals surface area contributed by atoms with Gasteiger partial charge in [0.1, 0.15) is 5.82 Å². The lowest BCUT2D eigenvalue weighted by molar-refractivity contribution is 0.303. The highest BCUT2D eigenvalue weighted by Crippen LogP contribution is 2.38. The molecule has 3 rings (SSSR count). The zero-order chi connectivity index (χ0) is 18.4. The Morgan fingerprint density at radius 2 is 1.62 bits per heavy atom. The number of benzene rings is 2. The molecule has 0 bridgehead atoms. The van der Waals surface area contributed by atoms with Gasteiger partial charge in [-0.05, 0) is 66.7 Å². The van der Waals surface area contributed by atoms with Gasteiger partial charge in [0.15, 0.2) is 0 Å². The summed E-state index contributed by atoms with van der Waals surface area (Å²) in [7, 11) is 0. The Labute approximate surface area is 158 Å². The molecule has 0 aromatic heterocycles. The first-order valence-corrected chi connectivity index (χ1v) is 10.6. The Morgan fingerprint density at radius 3 is 2.23 bits per heavy atom. The Bertz CT molecular complexity index is 678. The van der Waals surface area contributed by atoms with E-state index in [1.807, 2.05) is 12.1 Å².